The number of fused-ring (bicyclic) bond motifs is 1. The second-order valence-electron chi connectivity index (χ2n) is 5.81. The van der Waals surface area contributed by atoms with Crippen LogP contribution in [0.4, 0.5) is 5.82 Å². The standard InChI is InChI=1S/C18H16BrClN6/c19-16-10-23-18-17(22-6-3-8-25-9-7-21-12-25)24-15(11-26(16)18)13-4-1-2-5-14(13)20/h1-2,4-5,7,9-12H,3,6,8H2,(H,22,24). The van der Waals surface area contributed by atoms with Gasteiger partial charge in [-0.1, -0.05) is 29.8 Å². The largest absolute Gasteiger partial charge is 0.367 e. The first-order valence-electron chi connectivity index (χ1n) is 8.20. The lowest BCUT2D eigenvalue weighted by Crippen LogP contribution is -2.09. The molecule has 132 valence electrons. The molecule has 4 rings (SSSR count). The lowest BCUT2D eigenvalue weighted by molar-refractivity contribution is 0.660. The van der Waals surface area contributed by atoms with Crippen LogP contribution in [0, 0.1) is 0 Å². The third-order valence-corrected chi connectivity index (χ3v) is 4.96. The van der Waals surface area contributed by atoms with Gasteiger partial charge in [0.2, 0.25) is 0 Å². The zero-order valence-electron chi connectivity index (χ0n) is 13.8. The summed E-state index contributed by atoms with van der Waals surface area (Å²) in [6.45, 7) is 1.67. The van der Waals surface area contributed by atoms with Crippen molar-refractivity contribution in [3.63, 3.8) is 0 Å². The number of nitrogens with one attached hydrogen (secondary N) is 1. The van der Waals surface area contributed by atoms with Gasteiger partial charge in [0, 0.05) is 37.2 Å². The van der Waals surface area contributed by atoms with Crippen LogP contribution >= 0.6 is 27.5 Å². The fourth-order valence-electron chi connectivity index (χ4n) is 2.76. The molecule has 0 aliphatic heterocycles. The lowest BCUT2D eigenvalue weighted by atomic mass is 10.1. The van der Waals surface area contributed by atoms with Crippen LogP contribution in [-0.4, -0.2) is 30.5 Å². The van der Waals surface area contributed by atoms with E-state index in [-0.39, 0.29) is 0 Å². The van der Waals surface area contributed by atoms with Gasteiger partial charge in [0.1, 0.15) is 4.60 Å². The topological polar surface area (TPSA) is 60.0 Å². The van der Waals surface area contributed by atoms with Gasteiger partial charge < -0.3 is 9.88 Å². The van der Waals surface area contributed by atoms with Crippen LogP contribution in [0.25, 0.3) is 16.9 Å². The Morgan fingerprint density at radius 1 is 1.23 bits per heavy atom. The molecule has 0 atom stereocenters. The van der Waals surface area contributed by atoms with Gasteiger partial charge in [0.05, 0.1) is 23.2 Å². The van der Waals surface area contributed by atoms with Crippen molar-refractivity contribution in [2.24, 2.45) is 0 Å². The fraction of sp³-hybridized carbons (Fsp3) is 0.167. The number of halogens is 2. The zero-order chi connectivity index (χ0) is 17.9. The summed E-state index contributed by atoms with van der Waals surface area (Å²) in [5.74, 6) is 0.735. The molecule has 0 spiro atoms. The molecule has 0 unspecified atom stereocenters. The van der Waals surface area contributed by atoms with Gasteiger partial charge in [-0.25, -0.2) is 15.0 Å². The first kappa shape index (κ1) is 17.1. The molecule has 1 aromatic carbocycles. The minimum Gasteiger partial charge on any atom is -0.367 e. The number of nitrogens with zero attached hydrogens (tertiary/aromatic N) is 5. The maximum atomic E-state index is 6.35. The molecule has 0 aliphatic rings. The molecule has 0 radical (unpaired) electrons. The van der Waals surface area contributed by atoms with Crippen LogP contribution in [0.5, 0.6) is 0 Å². The van der Waals surface area contributed by atoms with E-state index in [4.69, 9.17) is 16.6 Å². The molecule has 3 heterocycles. The average Bonchev–Trinajstić information content (AvgIpc) is 3.29. The van der Waals surface area contributed by atoms with Crippen LogP contribution in [0.1, 0.15) is 6.42 Å². The Morgan fingerprint density at radius 3 is 2.92 bits per heavy atom. The van der Waals surface area contributed by atoms with Crippen molar-refractivity contribution in [2.45, 2.75) is 13.0 Å². The summed E-state index contributed by atoms with van der Waals surface area (Å²) < 4.78 is 4.88. The summed E-state index contributed by atoms with van der Waals surface area (Å²) in [7, 11) is 0. The van der Waals surface area contributed by atoms with Crippen LogP contribution in [0.3, 0.4) is 0 Å². The highest BCUT2D eigenvalue weighted by atomic mass is 79.9. The van der Waals surface area contributed by atoms with E-state index in [1.807, 2.05) is 47.4 Å². The minimum atomic E-state index is 0.668. The van der Waals surface area contributed by atoms with E-state index < -0.39 is 0 Å². The number of hydrogen-bond acceptors (Lipinski definition) is 4. The maximum Gasteiger partial charge on any atom is 0.181 e. The molecule has 0 aliphatic carbocycles. The van der Waals surface area contributed by atoms with E-state index >= 15 is 0 Å². The highest BCUT2D eigenvalue weighted by Gasteiger charge is 2.13. The van der Waals surface area contributed by atoms with E-state index in [0.29, 0.717) is 5.02 Å². The Labute approximate surface area is 164 Å². The Kier molecular flexibility index (Phi) is 4.90. The molecule has 4 aromatic rings. The van der Waals surface area contributed by atoms with Gasteiger partial charge in [-0.2, -0.15) is 0 Å². The van der Waals surface area contributed by atoms with E-state index in [2.05, 4.69) is 35.8 Å². The molecular weight excluding hydrogens is 416 g/mol. The normalized spacial score (nSPS) is 11.2. The van der Waals surface area contributed by atoms with Crippen LogP contribution in [-0.2, 0) is 6.54 Å². The van der Waals surface area contributed by atoms with Crippen molar-refractivity contribution < 1.29 is 0 Å². The first-order chi connectivity index (χ1) is 12.7. The quantitative estimate of drug-likeness (QED) is 0.456. The van der Waals surface area contributed by atoms with E-state index in [1.165, 1.54) is 0 Å². The van der Waals surface area contributed by atoms with Crippen LogP contribution in [0.2, 0.25) is 5.02 Å². The average molecular weight is 432 g/mol. The van der Waals surface area contributed by atoms with E-state index in [1.54, 1.807) is 12.4 Å². The zero-order valence-corrected chi connectivity index (χ0v) is 16.2. The molecule has 26 heavy (non-hydrogen) atoms. The highest BCUT2D eigenvalue weighted by molar-refractivity contribution is 9.10. The van der Waals surface area contributed by atoms with Crippen molar-refractivity contribution in [2.75, 3.05) is 11.9 Å². The van der Waals surface area contributed by atoms with Gasteiger partial charge in [0.15, 0.2) is 11.5 Å². The summed E-state index contributed by atoms with van der Waals surface area (Å²) in [4.78, 5) is 13.3. The Morgan fingerprint density at radius 2 is 2.12 bits per heavy atom. The summed E-state index contributed by atoms with van der Waals surface area (Å²) in [5.41, 5.74) is 2.45. The molecule has 0 saturated carbocycles. The summed E-state index contributed by atoms with van der Waals surface area (Å²) >= 11 is 9.89. The third kappa shape index (κ3) is 3.45. The molecule has 8 heteroatoms. The molecule has 0 saturated heterocycles. The Bertz CT molecular complexity index is 1030. The molecule has 1 N–H and O–H groups in total. The van der Waals surface area contributed by atoms with E-state index in [0.717, 1.165) is 46.8 Å². The van der Waals surface area contributed by atoms with Gasteiger partial charge >= 0.3 is 0 Å². The van der Waals surface area contributed by atoms with Crippen molar-refractivity contribution in [3.05, 3.63) is 65.0 Å². The second kappa shape index (κ2) is 7.47. The third-order valence-electron chi connectivity index (χ3n) is 4.04. The van der Waals surface area contributed by atoms with Gasteiger partial charge in [-0.05, 0) is 28.4 Å². The number of anilines is 1. The van der Waals surface area contributed by atoms with Gasteiger partial charge in [-0.3, -0.25) is 4.40 Å². The van der Waals surface area contributed by atoms with Crippen molar-refractivity contribution in [3.8, 4) is 11.3 Å². The second-order valence-corrected chi connectivity index (χ2v) is 7.03. The number of aromatic nitrogens is 5. The summed E-state index contributed by atoms with van der Waals surface area (Å²) in [5, 5.41) is 4.07. The smallest absolute Gasteiger partial charge is 0.181 e. The van der Waals surface area contributed by atoms with Crippen LogP contribution in [0.15, 0.2) is 60.0 Å². The number of rotatable bonds is 6. The summed E-state index contributed by atoms with van der Waals surface area (Å²) in [6.07, 6.45) is 10.2. The molecule has 0 bridgehead atoms. The SMILES string of the molecule is Clc1ccccc1-c1cn2c(Br)cnc2c(NCCCn2ccnc2)n1. The van der Waals surface area contributed by atoms with Crippen molar-refractivity contribution >= 4 is 39.0 Å². The molecular formula is C18H16BrClN6. The fourth-order valence-corrected chi connectivity index (χ4v) is 3.37. The van der Waals surface area contributed by atoms with E-state index in [9.17, 15) is 0 Å². The number of aryl methyl sites for hydroxylation is 1. The Hall–Kier alpha value is -2.38. The molecule has 3 aromatic heterocycles. The predicted molar refractivity (Wildman–Crippen MR) is 106 cm³/mol. The molecule has 6 nitrogen and oxygen atoms in total. The number of benzene rings is 1. The monoisotopic (exact) mass is 430 g/mol. The van der Waals surface area contributed by atoms with Crippen molar-refractivity contribution in [1.82, 2.24) is 23.9 Å². The first-order valence-corrected chi connectivity index (χ1v) is 9.37. The number of imidazole rings is 2. The predicted octanol–water partition coefficient (Wildman–Crippen LogP) is 4.51. The van der Waals surface area contributed by atoms with Crippen molar-refractivity contribution in [1.29, 1.82) is 0 Å². The number of hydrogen-bond donors (Lipinski definition) is 1. The lowest BCUT2D eigenvalue weighted by Gasteiger charge is -2.11. The van der Waals surface area contributed by atoms with Gasteiger partial charge in [-0.15, -0.1) is 0 Å². The Balaban J connectivity index is 1.61. The molecule has 0 amide bonds. The minimum absolute atomic E-state index is 0.668. The maximum absolute atomic E-state index is 6.35. The summed E-state index contributed by atoms with van der Waals surface area (Å²) in [6, 6.07) is 7.69. The van der Waals surface area contributed by atoms with Crippen LogP contribution < -0.4 is 5.32 Å². The van der Waals surface area contributed by atoms with Gasteiger partial charge in [0.25, 0.3) is 0 Å². The molecule has 0 fully saturated rings. The highest BCUT2D eigenvalue weighted by Crippen LogP contribution is 2.29.